The first-order chi connectivity index (χ1) is 15.5. The standard InChI is InChI=1S/C23H31NO7Si/c1-4-27-32(28-5-2,29-6-3)17-11-16-24-23(26)31-21-15-10-14-20(18-21)30-22(25)19-12-8-7-9-13-19/h7-10,12-15,18H,4-6,11,16-17H2,1-3H3,(H,24,26). The van der Waals surface area contributed by atoms with E-state index in [-0.39, 0.29) is 11.5 Å². The maximum Gasteiger partial charge on any atom is 0.500 e. The van der Waals surface area contributed by atoms with Crippen molar-refractivity contribution in [3.05, 3.63) is 60.2 Å². The molecular weight excluding hydrogens is 430 g/mol. The molecule has 1 N–H and O–H groups in total. The predicted octanol–water partition coefficient (Wildman–Crippen LogP) is 4.43. The Kier molecular flexibility index (Phi) is 10.9. The summed E-state index contributed by atoms with van der Waals surface area (Å²) in [5, 5.41) is 2.70. The highest BCUT2D eigenvalue weighted by Crippen LogP contribution is 2.21. The van der Waals surface area contributed by atoms with Gasteiger partial charge in [-0.2, -0.15) is 0 Å². The van der Waals surface area contributed by atoms with Gasteiger partial charge in [-0.3, -0.25) is 0 Å². The maximum atomic E-state index is 12.2. The minimum atomic E-state index is -2.73. The summed E-state index contributed by atoms with van der Waals surface area (Å²) in [6.07, 6.45) is 0.0174. The Hall–Kier alpha value is -2.72. The summed E-state index contributed by atoms with van der Waals surface area (Å²) < 4.78 is 28.0. The zero-order valence-corrected chi connectivity index (χ0v) is 19.8. The van der Waals surface area contributed by atoms with E-state index in [4.69, 9.17) is 22.8 Å². The van der Waals surface area contributed by atoms with E-state index >= 15 is 0 Å². The van der Waals surface area contributed by atoms with Crippen molar-refractivity contribution in [2.45, 2.75) is 33.2 Å². The van der Waals surface area contributed by atoms with Gasteiger partial charge in [0.25, 0.3) is 0 Å². The number of rotatable bonds is 13. The first-order valence-electron chi connectivity index (χ1n) is 10.8. The topological polar surface area (TPSA) is 92.3 Å². The predicted molar refractivity (Wildman–Crippen MR) is 122 cm³/mol. The van der Waals surface area contributed by atoms with Crippen LogP contribution in [0.25, 0.3) is 0 Å². The third kappa shape index (κ3) is 8.43. The summed E-state index contributed by atoms with van der Waals surface area (Å²) in [4.78, 5) is 24.3. The molecule has 0 heterocycles. The molecule has 0 atom stereocenters. The molecule has 2 aromatic rings. The van der Waals surface area contributed by atoms with E-state index < -0.39 is 20.9 Å². The molecule has 0 bridgehead atoms. The molecule has 2 rings (SSSR count). The van der Waals surface area contributed by atoms with Gasteiger partial charge in [0, 0.05) is 38.5 Å². The Morgan fingerprint density at radius 3 is 2.00 bits per heavy atom. The number of hydrogen-bond donors (Lipinski definition) is 1. The minimum Gasteiger partial charge on any atom is -0.423 e. The fourth-order valence-corrected chi connectivity index (χ4v) is 5.59. The summed E-state index contributed by atoms with van der Waals surface area (Å²) in [7, 11) is -2.73. The van der Waals surface area contributed by atoms with Gasteiger partial charge in [-0.15, -0.1) is 0 Å². The lowest BCUT2D eigenvalue weighted by atomic mass is 10.2. The Labute approximate surface area is 190 Å². The van der Waals surface area contributed by atoms with Crippen LogP contribution in [0.15, 0.2) is 54.6 Å². The van der Waals surface area contributed by atoms with Crippen LogP contribution in [0.1, 0.15) is 37.6 Å². The number of ether oxygens (including phenoxy) is 2. The van der Waals surface area contributed by atoms with Gasteiger partial charge < -0.3 is 28.1 Å². The highest BCUT2D eigenvalue weighted by atomic mass is 28.4. The van der Waals surface area contributed by atoms with Crippen molar-refractivity contribution in [3.63, 3.8) is 0 Å². The van der Waals surface area contributed by atoms with Crippen molar-refractivity contribution in [1.29, 1.82) is 0 Å². The van der Waals surface area contributed by atoms with Gasteiger partial charge in [0.15, 0.2) is 0 Å². The number of esters is 1. The molecule has 0 aromatic heterocycles. The van der Waals surface area contributed by atoms with Gasteiger partial charge in [0.1, 0.15) is 11.5 Å². The highest BCUT2D eigenvalue weighted by molar-refractivity contribution is 6.60. The van der Waals surface area contributed by atoms with E-state index in [1.165, 1.54) is 6.07 Å². The molecule has 0 aliphatic carbocycles. The number of benzene rings is 2. The lowest BCUT2D eigenvalue weighted by Crippen LogP contribution is -2.46. The van der Waals surface area contributed by atoms with Crippen LogP contribution >= 0.6 is 0 Å². The first-order valence-corrected chi connectivity index (χ1v) is 12.7. The molecular formula is C23H31NO7Si. The zero-order chi connectivity index (χ0) is 23.2. The molecule has 0 saturated carbocycles. The third-order valence-corrected chi connectivity index (χ3v) is 7.41. The number of carbonyl (C=O) groups excluding carboxylic acids is 2. The molecule has 8 nitrogen and oxygen atoms in total. The van der Waals surface area contributed by atoms with Crippen molar-refractivity contribution < 1.29 is 32.3 Å². The second kappa shape index (κ2) is 13.6. The minimum absolute atomic E-state index is 0.266. The van der Waals surface area contributed by atoms with Crippen LogP contribution in [-0.2, 0) is 13.3 Å². The van der Waals surface area contributed by atoms with Crippen LogP contribution in [0.2, 0.25) is 6.04 Å². The average Bonchev–Trinajstić information content (AvgIpc) is 2.78. The molecule has 0 saturated heterocycles. The third-order valence-electron chi connectivity index (χ3n) is 4.26. The molecule has 32 heavy (non-hydrogen) atoms. The largest absolute Gasteiger partial charge is 0.500 e. The van der Waals surface area contributed by atoms with Crippen molar-refractivity contribution in [3.8, 4) is 11.5 Å². The summed E-state index contributed by atoms with van der Waals surface area (Å²) >= 11 is 0. The highest BCUT2D eigenvalue weighted by Gasteiger charge is 2.39. The fourth-order valence-electron chi connectivity index (χ4n) is 2.98. The van der Waals surface area contributed by atoms with E-state index in [2.05, 4.69) is 5.32 Å². The zero-order valence-electron chi connectivity index (χ0n) is 18.8. The number of amides is 1. The van der Waals surface area contributed by atoms with E-state index in [9.17, 15) is 9.59 Å². The van der Waals surface area contributed by atoms with Crippen LogP contribution in [0, 0.1) is 0 Å². The van der Waals surface area contributed by atoms with E-state index in [1.807, 2.05) is 26.8 Å². The molecule has 0 unspecified atom stereocenters. The van der Waals surface area contributed by atoms with E-state index in [0.29, 0.717) is 44.4 Å². The van der Waals surface area contributed by atoms with Gasteiger partial charge in [0.2, 0.25) is 0 Å². The Morgan fingerprint density at radius 1 is 0.812 bits per heavy atom. The van der Waals surface area contributed by atoms with Crippen LogP contribution < -0.4 is 14.8 Å². The second-order valence-corrected chi connectivity index (χ2v) is 9.36. The quantitative estimate of drug-likeness (QED) is 0.204. The summed E-state index contributed by atoms with van der Waals surface area (Å²) in [5.74, 6) is 0.0605. The smallest absolute Gasteiger partial charge is 0.423 e. The number of carbonyl (C=O) groups is 2. The number of hydrogen-bond acceptors (Lipinski definition) is 7. The summed E-state index contributed by atoms with van der Waals surface area (Å²) in [6.45, 7) is 7.61. The lowest BCUT2D eigenvalue weighted by Gasteiger charge is -2.28. The van der Waals surface area contributed by atoms with Gasteiger partial charge in [-0.05, 0) is 51.5 Å². The van der Waals surface area contributed by atoms with Crippen molar-refractivity contribution in [1.82, 2.24) is 5.32 Å². The Balaban J connectivity index is 1.82. The average molecular weight is 462 g/mol. The van der Waals surface area contributed by atoms with Crippen molar-refractivity contribution in [2.24, 2.45) is 0 Å². The summed E-state index contributed by atoms with van der Waals surface area (Å²) in [5.41, 5.74) is 0.433. The Morgan fingerprint density at radius 2 is 1.41 bits per heavy atom. The van der Waals surface area contributed by atoms with Gasteiger partial charge in [-0.1, -0.05) is 24.3 Å². The van der Waals surface area contributed by atoms with Gasteiger partial charge in [0.05, 0.1) is 5.56 Å². The van der Waals surface area contributed by atoms with Crippen LogP contribution in [0.5, 0.6) is 11.5 Å². The van der Waals surface area contributed by atoms with Crippen LogP contribution in [0.4, 0.5) is 4.79 Å². The number of nitrogens with one attached hydrogen (secondary N) is 1. The molecule has 1 amide bonds. The monoisotopic (exact) mass is 461 g/mol. The maximum absolute atomic E-state index is 12.2. The SMILES string of the molecule is CCO[Si](CCCNC(=O)Oc1cccc(OC(=O)c2ccccc2)c1)(OCC)OCC. The lowest BCUT2D eigenvalue weighted by molar-refractivity contribution is 0.0705. The Bertz CT molecular complexity index is 830. The molecule has 0 radical (unpaired) electrons. The van der Waals surface area contributed by atoms with E-state index in [1.54, 1.807) is 42.5 Å². The molecule has 2 aromatic carbocycles. The van der Waals surface area contributed by atoms with Crippen LogP contribution in [-0.4, -0.2) is 47.2 Å². The first kappa shape index (κ1) is 25.5. The molecule has 9 heteroatoms. The van der Waals surface area contributed by atoms with Crippen molar-refractivity contribution in [2.75, 3.05) is 26.4 Å². The molecule has 174 valence electrons. The van der Waals surface area contributed by atoms with Crippen molar-refractivity contribution >= 4 is 20.9 Å². The molecule has 0 fully saturated rings. The second-order valence-electron chi connectivity index (χ2n) is 6.63. The molecule has 0 aliphatic heterocycles. The molecule has 0 aliphatic rings. The van der Waals surface area contributed by atoms with E-state index in [0.717, 1.165) is 0 Å². The van der Waals surface area contributed by atoms with Gasteiger partial charge >= 0.3 is 20.9 Å². The normalized spacial score (nSPS) is 11.1. The summed E-state index contributed by atoms with van der Waals surface area (Å²) in [6, 6.07) is 15.6. The molecule has 0 spiro atoms. The van der Waals surface area contributed by atoms with Crippen LogP contribution in [0.3, 0.4) is 0 Å². The fraction of sp³-hybridized carbons (Fsp3) is 0.391. The van der Waals surface area contributed by atoms with Gasteiger partial charge in [-0.25, -0.2) is 9.59 Å².